The Hall–Kier alpha value is -1.62. The van der Waals surface area contributed by atoms with Gasteiger partial charge in [-0.3, -0.25) is 4.98 Å². The van der Waals surface area contributed by atoms with Crippen molar-refractivity contribution in [2.75, 3.05) is 16.8 Å². The summed E-state index contributed by atoms with van der Waals surface area (Å²) in [6, 6.07) is 9.79. The van der Waals surface area contributed by atoms with Gasteiger partial charge in [-0.2, -0.15) is 0 Å². The molecule has 0 bridgehead atoms. The number of sulfone groups is 1. The first-order valence-corrected chi connectivity index (χ1v) is 7.77. The van der Waals surface area contributed by atoms with E-state index < -0.39 is 9.84 Å². The predicted octanol–water partition coefficient (Wildman–Crippen LogP) is 1.83. The molecule has 2 heterocycles. The third kappa shape index (κ3) is 2.18. The number of aromatic nitrogens is 1. The molecule has 0 radical (unpaired) electrons. The second kappa shape index (κ2) is 4.24. The van der Waals surface area contributed by atoms with Crippen LogP contribution in [0.1, 0.15) is 6.42 Å². The van der Waals surface area contributed by atoms with E-state index in [1.807, 2.05) is 30.3 Å². The van der Waals surface area contributed by atoms with Gasteiger partial charge in [0.05, 0.1) is 22.7 Å². The van der Waals surface area contributed by atoms with Crippen LogP contribution in [0, 0.1) is 0 Å². The van der Waals surface area contributed by atoms with Gasteiger partial charge in [-0.25, -0.2) is 8.42 Å². The van der Waals surface area contributed by atoms with E-state index in [4.69, 9.17) is 0 Å². The number of hydrogen-bond acceptors (Lipinski definition) is 4. The summed E-state index contributed by atoms with van der Waals surface area (Å²) in [5, 5.41) is 4.36. The molecule has 1 atom stereocenters. The lowest BCUT2D eigenvalue weighted by Crippen LogP contribution is -2.20. The monoisotopic (exact) mass is 262 g/mol. The maximum atomic E-state index is 11.4. The van der Waals surface area contributed by atoms with Crippen molar-refractivity contribution in [1.29, 1.82) is 0 Å². The van der Waals surface area contributed by atoms with Gasteiger partial charge in [0.25, 0.3) is 0 Å². The molecule has 0 amide bonds. The van der Waals surface area contributed by atoms with Crippen LogP contribution in [0.5, 0.6) is 0 Å². The number of fused-ring (bicyclic) bond motifs is 1. The van der Waals surface area contributed by atoms with Crippen LogP contribution in [0.15, 0.2) is 36.5 Å². The van der Waals surface area contributed by atoms with Crippen molar-refractivity contribution in [1.82, 2.24) is 4.98 Å². The second-order valence-corrected chi connectivity index (χ2v) is 6.85. The summed E-state index contributed by atoms with van der Waals surface area (Å²) in [7, 11) is -2.85. The fourth-order valence-corrected chi connectivity index (χ4v) is 4.02. The lowest BCUT2D eigenvalue weighted by Gasteiger charge is -2.13. The van der Waals surface area contributed by atoms with Crippen molar-refractivity contribution in [2.24, 2.45) is 0 Å². The molecule has 1 N–H and O–H groups in total. The zero-order chi connectivity index (χ0) is 12.6. The molecule has 18 heavy (non-hydrogen) atoms. The lowest BCUT2D eigenvalue weighted by molar-refractivity contribution is 0.602. The van der Waals surface area contributed by atoms with E-state index >= 15 is 0 Å². The summed E-state index contributed by atoms with van der Waals surface area (Å²) in [6.07, 6.45) is 2.42. The molecule has 0 saturated carbocycles. The number of anilines is 1. The van der Waals surface area contributed by atoms with E-state index in [2.05, 4.69) is 10.3 Å². The number of rotatable bonds is 2. The first kappa shape index (κ1) is 11.5. The molecule has 3 rings (SSSR count). The number of hydrogen-bond donors (Lipinski definition) is 1. The molecule has 1 fully saturated rings. The van der Waals surface area contributed by atoms with Crippen LogP contribution in [0.3, 0.4) is 0 Å². The van der Waals surface area contributed by atoms with Crippen molar-refractivity contribution in [3.8, 4) is 0 Å². The highest BCUT2D eigenvalue weighted by molar-refractivity contribution is 7.91. The first-order valence-electron chi connectivity index (χ1n) is 5.95. The molecule has 1 aromatic carbocycles. The average Bonchev–Trinajstić information content (AvgIpc) is 2.69. The summed E-state index contributed by atoms with van der Waals surface area (Å²) in [5.74, 6) is 0.499. The Morgan fingerprint density at radius 1 is 1.22 bits per heavy atom. The van der Waals surface area contributed by atoms with Gasteiger partial charge >= 0.3 is 0 Å². The van der Waals surface area contributed by atoms with Crippen LogP contribution in [0.25, 0.3) is 10.9 Å². The van der Waals surface area contributed by atoms with Gasteiger partial charge in [-0.15, -0.1) is 0 Å². The lowest BCUT2D eigenvalue weighted by atomic mass is 10.1. The fourth-order valence-electron chi connectivity index (χ4n) is 2.35. The Balaban J connectivity index is 1.92. The minimum Gasteiger partial charge on any atom is -0.379 e. The fraction of sp³-hybridized carbons (Fsp3) is 0.308. The summed E-state index contributed by atoms with van der Waals surface area (Å²) in [5.41, 5.74) is 1.81. The number of nitrogens with zero attached hydrogens (tertiary/aromatic N) is 1. The van der Waals surface area contributed by atoms with Crippen molar-refractivity contribution in [3.05, 3.63) is 36.5 Å². The van der Waals surface area contributed by atoms with E-state index in [1.165, 1.54) is 0 Å². The van der Waals surface area contributed by atoms with Gasteiger partial charge in [0.1, 0.15) is 0 Å². The van der Waals surface area contributed by atoms with Gasteiger partial charge in [0.2, 0.25) is 0 Å². The number of para-hydroxylation sites is 1. The van der Waals surface area contributed by atoms with E-state index in [9.17, 15) is 8.42 Å². The first-order chi connectivity index (χ1) is 8.64. The predicted molar refractivity (Wildman–Crippen MR) is 72.4 cm³/mol. The molecule has 1 saturated heterocycles. The third-order valence-corrected chi connectivity index (χ3v) is 4.99. The zero-order valence-electron chi connectivity index (χ0n) is 9.83. The normalized spacial score (nSPS) is 22.1. The van der Waals surface area contributed by atoms with Crippen LogP contribution in [0.4, 0.5) is 5.69 Å². The second-order valence-electron chi connectivity index (χ2n) is 4.62. The van der Waals surface area contributed by atoms with Gasteiger partial charge in [0, 0.05) is 17.6 Å². The van der Waals surface area contributed by atoms with Gasteiger partial charge in [-0.05, 0) is 18.6 Å². The SMILES string of the molecule is O=S1(=O)CCC(Nc2cccc3cccnc23)C1. The minimum atomic E-state index is -2.85. The number of pyridine rings is 1. The molecule has 0 spiro atoms. The molecule has 2 aromatic rings. The summed E-state index contributed by atoms with van der Waals surface area (Å²) in [6.45, 7) is 0. The van der Waals surface area contributed by atoms with E-state index in [0.717, 1.165) is 16.6 Å². The summed E-state index contributed by atoms with van der Waals surface area (Å²) >= 11 is 0. The van der Waals surface area contributed by atoms with Crippen molar-refractivity contribution in [3.63, 3.8) is 0 Å². The van der Waals surface area contributed by atoms with E-state index in [0.29, 0.717) is 6.42 Å². The number of nitrogens with one attached hydrogen (secondary N) is 1. The Kier molecular flexibility index (Phi) is 2.70. The smallest absolute Gasteiger partial charge is 0.152 e. The largest absolute Gasteiger partial charge is 0.379 e. The Morgan fingerprint density at radius 2 is 2.06 bits per heavy atom. The molecule has 4 nitrogen and oxygen atoms in total. The van der Waals surface area contributed by atoms with Crippen molar-refractivity contribution >= 4 is 26.4 Å². The molecule has 1 aliphatic heterocycles. The maximum Gasteiger partial charge on any atom is 0.152 e. The van der Waals surface area contributed by atoms with Gasteiger partial charge in [-0.1, -0.05) is 18.2 Å². The molecule has 1 aliphatic rings. The molecule has 94 valence electrons. The van der Waals surface area contributed by atoms with Crippen LogP contribution in [0.2, 0.25) is 0 Å². The zero-order valence-corrected chi connectivity index (χ0v) is 10.7. The van der Waals surface area contributed by atoms with Crippen LogP contribution in [-0.4, -0.2) is 30.9 Å². The van der Waals surface area contributed by atoms with Crippen LogP contribution < -0.4 is 5.32 Å². The highest BCUT2D eigenvalue weighted by Crippen LogP contribution is 2.24. The Labute approximate surface area is 106 Å². The highest BCUT2D eigenvalue weighted by atomic mass is 32.2. The molecule has 1 unspecified atom stereocenters. The highest BCUT2D eigenvalue weighted by Gasteiger charge is 2.27. The standard InChI is InChI=1S/C13H14N2O2S/c16-18(17)8-6-11(9-18)15-12-5-1-3-10-4-2-7-14-13(10)12/h1-5,7,11,15H,6,8-9H2. The quantitative estimate of drug-likeness (QED) is 0.897. The van der Waals surface area contributed by atoms with Crippen LogP contribution >= 0.6 is 0 Å². The van der Waals surface area contributed by atoms with E-state index in [1.54, 1.807) is 6.20 Å². The third-order valence-electron chi connectivity index (χ3n) is 3.22. The molecule has 5 heteroatoms. The Bertz CT molecular complexity index is 677. The molecule has 0 aliphatic carbocycles. The van der Waals surface area contributed by atoms with Gasteiger partial charge in [0.15, 0.2) is 9.84 Å². The molecular formula is C13H14N2O2S. The maximum absolute atomic E-state index is 11.4. The Morgan fingerprint density at radius 3 is 2.83 bits per heavy atom. The van der Waals surface area contributed by atoms with Crippen molar-refractivity contribution < 1.29 is 8.42 Å². The average molecular weight is 262 g/mol. The summed E-state index contributed by atoms with van der Waals surface area (Å²) < 4.78 is 22.9. The van der Waals surface area contributed by atoms with Crippen molar-refractivity contribution in [2.45, 2.75) is 12.5 Å². The minimum absolute atomic E-state index is 0.00241. The topological polar surface area (TPSA) is 59.1 Å². The number of benzene rings is 1. The molecular weight excluding hydrogens is 248 g/mol. The molecule has 1 aromatic heterocycles. The van der Waals surface area contributed by atoms with E-state index in [-0.39, 0.29) is 17.5 Å². The van der Waals surface area contributed by atoms with Crippen LogP contribution in [-0.2, 0) is 9.84 Å². The van der Waals surface area contributed by atoms with Gasteiger partial charge < -0.3 is 5.32 Å². The summed E-state index contributed by atoms with van der Waals surface area (Å²) in [4.78, 5) is 4.35.